The molecular formula is C23H23ClF2N2O4. The Morgan fingerprint density at radius 1 is 1.38 bits per heavy atom. The van der Waals surface area contributed by atoms with Crippen molar-refractivity contribution in [1.29, 1.82) is 0 Å². The van der Waals surface area contributed by atoms with E-state index in [9.17, 15) is 23.5 Å². The molecule has 0 saturated carbocycles. The van der Waals surface area contributed by atoms with Crippen molar-refractivity contribution >= 4 is 28.9 Å². The van der Waals surface area contributed by atoms with Gasteiger partial charge in [-0.05, 0) is 42.7 Å². The summed E-state index contributed by atoms with van der Waals surface area (Å²) in [7, 11) is 0. The Bertz CT molecular complexity index is 1050. The van der Waals surface area contributed by atoms with E-state index in [0.29, 0.717) is 28.4 Å². The molecule has 1 aromatic heterocycles. The fourth-order valence-corrected chi connectivity index (χ4v) is 4.04. The summed E-state index contributed by atoms with van der Waals surface area (Å²) in [6, 6.07) is 3.96. The number of nitrogens with zero attached hydrogens (tertiary/aromatic N) is 2. The molecule has 0 spiro atoms. The maximum absolute atomic E-state index is 13.3. The number of aliphatic carboxylic acids is 1. The van der Waals surface area contributed by atoms with Gasteiger partial charge in [0.1, 0.15) is 11.6 Å². The third kappa shape index (κ3) is 5.62. The second-order valence-electron chi connectivity index (χ2n) is 7.47. The first kappa shape index (κ1) is 23.7. The zero-order valence-corrected chi connectivity index (χ0v) is 18.1. The van der Waals surface area contributed by atoms with Gasteiger partial charge in [0.05, 0.1) is 12.0 Å². The predicted molar refractivity (Wildman–Crippen MR) is 116 cm³/mol. The van der Waals surface area contributed by atoms with E-state index in [1.165, 1.54) is 24.4 Å². The van der Waals surface area contributed by atoms with E-state index >= 15 is 0 Å². The van der Waals surface area contributed by atoms with Crippen LogP contribution in [-0.2, 0) is 16.0 Å². The Morgan fingerprint density at radius 2 is 2.16 bits per heavy atom. The maximum Gasteiger partial charge on any atom is 0.387 e. The van der Waals surface area contributed by atoms with Crippen LogP contribution < -0.4 is 4.74 Å². The van der Waals surface area contributed by atoms with Gasteiger partial charge in [0, 0.05) is 29.4 Å². The first-order valence-corrected chi connectivity index (χ1v) is 10.6. The van der Waals surface area contributed by atoms with Gasteiger partial charge >= 0.3 is 12.6 Å². The quantitative estimate of drug-likeness (QED) is 0.513. The molecule has 1 aliphatic carbocycles. The van der Waals surface area contributed by atoms with Gasteiger partial charge in [-0.25, -0.2) is 4.98 Å². The van der Waals surface area contributed by atoms with Crippen molar-refractivity contribution in [2.24, 2.45) is 5.92 Å². The number of ether oxygens (including phenoxy) is 1. The Morgan fingerprint density at radius 3 is 2.84 bits per heavy atom. The first-order chi connectivity index (χ1) is 15.3. The van der Waals surface area contributed by atoms with E-state index in [-0.39, 0.29) is 30.4 Å². The van der Waals surface area contributed by atoms with E-state index in [0.717, 1.165) is 6.42 Å². The average Bonchev–Trinajstić information content (AvgIpc) is 3.20. The maximum atomic E-state index is 13.3. The molecule has 2 aromatic rings. The highest BCUT2D eigenvalue weighted by Gasteiger charge is 2.29. The Labute approximate surface area is 189 Å². The molecule has 0 amide bonds. The van der Waals surface area contributed by atoms with Crippen LogP contribution in [-0.4, -0.2) is 33.0 Å². The highest BCUT2D eigenvalue weighted by atomic mass is 35.5. The number of carbonyl (C=O) groups excluding carboxylic acids is 1. The van der Waals surface area contributed by atoms with Gasteiger partial charge in [0.25, 0.3) is 0 Å². The van der Waals surface area contributed by atoms with Crippen molar-refractivity contribution in [3.05, 3.63) is 65.2 Å². The number of rotatable bonds is 10. The monoisotopic (exact) mass is 464 g/mol. The molecule has 0 bridgehead atoms. The molecule has 1 aromatic carbocycles. The largest absolute Gasteiger partial charge is 0.481 e. The molecule has 170 valence electrons. The van der Waals surface area contributed by atoms with Crippen molar-refractivity contribution in [3.8, 4) is 5.75 Å². The van der Waals surface area contributed by atoms with Crippen LogP contribution in [0.1, 0.15) is 43.6 Å². The lowest BCUT2D eigenvalue weighted by Gasteiger charge is -2.22. The van der Waals surface area contributed by atoms with Gasteiger partial charge in [-0.2, -0.15) is 8.78 Å². The number of aromatic nitrogens is 2. The second-order valence-corrected chi connectivity index (χ2v) is 7.91. The van der Waals surface area contributed by atoms with Crippen molar-refractivity contribution < 1.29 is 28.2 Å². The summed E-state index contributed by atoms with van der Waals surface area (Å²) in [6.07, 6.45) is 9.66. The number of allylic oxidation sites excluding steroid dienone is 4. The molecule has 1 heterocycles. The zero-order chi connectivity index (χ0) is 23.3. The van der Waals surface area contributed by atoms with E-state index < -0.39 is 18.5 Å². The number of hydrogen-bond donors (Lipinski definition) is 1. The van der Waals surface area contributed by atoms with Crippen LogP contribution in [0.5, 0.6) is 5.75 Å². The molecular weight excluding hydrogens is 442 g/mol. The molecule has 3 rings (SSSR count). The molecule has 0 aliphatic heterocycles. The average molecular weight is 465 g/mol. The number of Topliss-reactive ketones (excluding diaryl/α,β-unsaturated/α-hetero) is 1. The molecule has 2 unspecified atom stereocenters. The number of ketones is 1. The molecule has 1 N–H and O–H groups in total. The Balaban J connectivity index is 1.87. The summed E-state index contributed by atoms with van der Waals surface area (Å²) in [5.41, 5.74) is 0.729. The third-order valence-electron chi connectivity index (χ3n) is 5.22. The van der Waals surface area contributed by atoms with Crippen LogP contribution in [0, 0.1) is 5.92 Å². The number of hydrogen-bond acceptors (Lipinski definition) is 4. The smallest absolute Gasteiger partial charge is 0.387 e. The molecule has 0 radical (unpaired) electrons. The normalized spacial score (nSPS) is 16.8. The molecule has 1 aliphatic rings. The Kier molecular flexibility index (Phi) is 7.80. The highest BCUT2D eigenvalue weighted by molar-refractivity contribution is 6.30. The van der Waals surface area contributed by atoms with Crippen molar-refractivity contribution in [2.45, 2.75) is 45.3 Å². The summed E-state index contributed by atoms with van der Waals surface area (Å²) in [4.78, 5) is 28.9. The SMILES string of the molecule is CCCC(CC(=O)O)n1ccnc1C1=CC=CC(Cc2cc(Cl)ccc2OC(F)F)C1=O. The van der Waals surface area contributed by atoms with Gasteiger partial charge in [0.2, 0.25) is 0 Å². The third-order valence-corrected chi connectivity index (χ3v) is 5.46. The lowest BCUT2D eigenvalue weighted by atomic mass is 9.87. The van der Waals surface area contributed by atoms with E-state index in [4.69, 9.17) is 11.6 Å². The minimum Gasteiger partial charge on any atom is -0.481 e. The number of benzene rings is 1. The van der Waals surface area contributed by atoms with Gasteiger partial charge in [-0.15, -0.1) is 0 Å². The lowest BCUT2D eigenvalue weighted by Crippen LogP contribution is -2.23. The van der Waals surface area contributed by atoms with Crippen LogP contribution in [0.15, 0.2) is 48.8 Å². The zero-order valence-electron chi connectivity index (χ0n) is 17.4. The minimum atomic E-state index is -3.00. The van der Waals surface area contributed by atoms with Crippen LogP contribution >= 0.6 is 11.6 Å². The standard InChI is InChI=1S/C23H23ClF2N2O4/c1-2-4-17(13-20(29)30)28-10-9-27-22(28)18-6-3-5-14(21(18)31)11-15-12-16(24)7-8-19(15)32-23(25)26/h3,5-10,12,14,17,23H,2,4,11,13H2,1H3,(H,29,30). The number of carboxylic acids is 1. The number of halogens is 3. The van der Waals surface area contributed by atoms with Crippen molar-refractivity contribution in [1.82, 2.24) is 9.55 Å². The Hall–Kier alpha value is -3.00. The summed E-state index contributed by atoms with van der Waals surface area (Å²) in [5.74, 6) is -1.46. The van der Waals surface area contributed by atoms with E-state index in [1.54, 1.807) is 29.0 Å². The van der Waals surface area contributed by atoms with E-state index in [1.807, 2.05) is 6.92 Å². The molecule has 2 atom stereocenters. The molecule has 32 heavy (non-hydrogen) atoms. The summed E-state index contributed by atoms with van der Waals surface area (Å²) < 4.78 is 31.9. The van der Waals surface area contributed by atoms with Crippen molar-refractivity contribution in [3.63, 3.8) is 0 Å². The number of alkyl halides is 2. The van der Waals surface area contributed by atoms with Crippen LogP contribution in [0.2, 0.25) is 5.02 Å². The van der Waals surface area contributed by atoms with Gasteiger partial charge in [-0.1, -0.05) is 37.1 Å². The summed E-state index contributed by atoms with van der Waals surface area (Å²) in [6.45, 7) is -1.04. The summed E-state index contributed by atoms with van der Waals surface area (Å²) in [5, 5.41) is 9.62. The molecule has 9 heteroatoms. The fourth-order valence-electron chi connectivity index (χ4n) is 3.85. The van der Waals surface area contributed by atoms with Gasteiger partial charge < -0.3 is 14.4 Å². The van der Waals surface area contributed by atoms with Gasteiger partial charge in [0.15, 0.2) is 5.78 Å². The number of imidazole rings is 1. The van der Waals surface area contributed by atoms with Crippen molar-refractivity contribution in [2.75, 3.05) is 0 Å². The molecule has 0 saturated heterocycles. The molecule has 6 nitrogen and oxygen atoms in total. The van der Waals surface area contributed by atoms with E-state index in [2.05, 4.69) is 9.72 Å². The predicted octanol–water partition coefficient (Wildman–Crippen LogP) is 5.34. The topological polar surface area (TPSA) is 81.4 Å². The fraction of sp³-hybridized carbons (Fsp3) is 0.348. The second kappa shape index (κ2) is 10.5. The van der Waals surface area contributed by atoms with Crippen LogP contribution in [0.25, 0.3) is 5.57 Å². The highest BCUT2D eigenvalue weighted by Crippen LogP contribution is 2.32. The first-order valence-electron chi connectivity index (χ1n) is 10.2. The van der Waals surface area contributed by atoms with Gasteiger partial charge in [-0.3, -0.25) is 9.59 Å². The van der Waals surface area contributed by atoms with Crippen LogP contribution in [0.4, 0.5) is 8.78 Å². The lowest BCUT2D eigenvalue weighted by molar-refractivity contribution is -0.138. The van der Waals surface area contributed by atoms with Crippen LogP contribution in [0.3, 0.4) is 0 Å². The summed E-state index contributed by atoms with van der Waals surface area (Å²) >= 11 is 6.03. The number of carbonyl (C=O) groups is 2. The molecule has 0 fully saturated rings. The number of carboxylic acid groups (broad SMARTS) is 1. The minimum absolute atomic E-state index is 0.0346.